The van der Waals surface area contributed by atoms with Crippen molar-refractivity contribution in [2.45, 2.75) is 52.0 Å². The van der Waals surface area contributed by atoms with Gasteiger partial charge >= 0.3 is 0 Å². The van der Waals surface area contributed by atoms with Crippen LogP contribution in [0.25, 0.3) is 0 Å². The number of rotatable bonds is 8. The molecule has 1 aliphatic carbocycles. The second kappa shape index (κ2) is 6.06. The standard InChI is InChI=1S/C14H26N4O2S/c1-5-15-8-12-13(11(4)17-18-12)21(19,20)16-9-14(6-7-14)10(2)3/h10,15-16H,5-9H2,1-4H3,(H,17,18). The predicted octanol–water partition coefficient (Wildman–Crippen LogP) is 1.54. The molecule has 0 saturated heterocycles. The molecule has 0 unspecified atom stereocenters. The number of aromatic nitrogens is 2. The number of aryl methyl sites for hydroxylation is 1. The van der Waals surface area contributed by atoms with Gasteiger partial charge in [-0.1, -0.05) is 20.8 Å². The third-order valence-corrected chi connectivity index (χ3v) is 6.11. The van der Waals surface area contributed by atoms with Gasteiger partial charge in [0.25, 0.3) is 0 Å². The van der Waals surface area contributed by atoms with Gasteiger partial charge in [0, 0.05) is 13.1 Å². The van der Waals surface area contributed by atoms with Crippen molar-refractivity contribution in [2.75, 3.05) is 13.1 Å². The fraction of sp³-hybridized carbons (Fsp3) is 0.786. The van der Waals surface area contributed by atoms with Gasteiger partial charge < -0.3 is 5.32 Å². The molecule has 1 aromatic heterocycles. The van der Waals surface area contributed by atoms with Crippen LogP contribution in [-0.2, 0) is 16.6 Å². The third kappa shape index (κ3) is 3.46. The topological polar surface area (TPSA) is 86.9 Å². The molecule has 1 saturated carbocycles. The minimum absolute atomic E-state index is 0.145. The Kier molecular flexibility index (Phi) is 4.75. The normalized spacial score (nSPS) is 17.4. The monoisotopic (exact) mass is 314 g/mol. The Bertz CT molecular complexity index is 588. The first-order chi connectivity index (χ1) is 9.82. The maximum atomic E-state index is 12.6. The highest BCUT2D eigenvalue weighted by atomic mass is 32.2. The zero-order valence-corrected chi connectivity index (χ0v) is 14.1. The Labute approximate surface area is 127 Å². The molecule has 0 spiro atoms. The SMILES string of the molecule is CCNCc1n[nH]c(C)c1S(=O)(=O)NCC1(C(C)C)CC1. The lowest BCUT2D eigenvalue weighted by molar-refractivity contribution is 0.357. The molecule has 0 aliphatic heterocycles. The molecule has 1 heterocycles. The summed E-state index contributed by atoms with van der Waals surface area (Å²) in [5, 5.41) is 10.0. The number of H-pyrrole nitrogens is 1. The molecule has 120 valence electrons. The lowest BCUT2D eigenvalue weighted by atomic mass is 9.93. The van der Waals surface area contributed by atoms with Gasteiger partial charge in [0.15, 0.2) is 0 Å². The van der Waals surface area contributed by atoms with E-state index in [4.69, 9.17) is 0 Å². The smallest absolute Gasteiger partial charge is 0.244 e. The molecule has 0 aromatic carbocycles. The van der Waals surface area contributed by atoms with Gasteiger partial charge in [-0.15, -0.1) is 0 Å². The minimum Gasteiger partial charge on any atom is -0.311 e. The Hall–Kier alpha value is -0.920. The highest BCUT2D eigenvalue weighted by molar-refractivity contribution is 7.89. The van der Waals surface area contributed by atoms with Crippen molar-refractivity contribution in [3.8, 4) is 0 Å². The van der Waals surface area contributed by atoms with Crippen molar-refractivity contribution in [1.29, 1.82) is 0 Å². The number of hydrogen-bond donors (Lipinski definition) is 3. The van der Waals surface area contributed by atoms with E-state index in [0.29, 0.717) is 35.3 Å². The minimum atomic E-state index is -3.52. The number of nitrogens with zero attached hydrogens (tertiary/aromatic N) is 1. The number of nitrogens with one attached hydrogen (secondary N) is 3. The van der Waals surface area contributed by atoms with E-state index in [-0.39, 0.29) is 5.41 Å². The van der Waals surface area contributed by atoms with Crippen LogP contribution in [0.5, 0.6) is 0 Å². The van der Waals surface area contributed by atoms with Crippen LogP contribution in [0.15, 0.2) is 4.90 Å². The van der Waals surface area contributed by atoms with Gasteiger partial charge in [0.05, 0.1) is 11.4 Å². The van der Waals surface area contributed by atoms with Crippen LogP contribution in [0.1, 0.15) is 45.0 Å². The zero-order chi connectivity index (χ0) is 15.7. The van der Waals surface area contributed by atoms with E-state index in [2.05, 4.69) is 34.1 Å². The number of hydrogen-bond acceptors (Lipinski definition) is 4. The highest BCUT2D eigenvalue weighted by Crippen LogP contribution is 2.51. The van der Waals surface area contributed by atoms with Crippen molar-refractivity contribution in [2.24, 2.45) is 11.3 Å². The van der Waals surface area contributed by atoms with Crippen LogP contribution in [0, 0.1) is 18.3 Å². The fourth-order valence-corrected chi connectivity index (χ4v) is 4.12. The van der Waals surface area contributed by atoms with Gasteiger partial charge in [0.2, 0.25) is 10.0 Å². The van der Waals surface area contributed by atoms with E-state index >= 15 is 0 Å². The molecular formula is C14H26N4O2S. The predicted molar refractivity (Wildman–Crippen MR) is 82.4 cm³/mol. The first-order valence-corrected chi connectivity index (χ1v) is 9.05. The second-order valence-electron chi connectivity index (χ2n) is 6.25. The average molecular weight is 314 g/mol. The second-order valence-corrected chi connectivity index (χ2v) is 7.95. The molecule has 2 rings (SSSR count). The first kappa shape index (κ1) is 16.5. The van der Waals surface area contributed by atoms with Gasteiger partial charge in [-0.25, -0.2) is 13.1 Å². The molecule has 1 aromatic rings. The summed E-state index contributed by atoms with van der Waals surface area (Å²) < 4.78 is 28.0. The molecule has 0 bridgehead atoms. The summed E-state index contributed by atoms with van der Waals surface area (Å²) >= 11 is 0. The molecule has 6 nitrogen and oxygen atoms in total. The van der Waals surface area contributed by atoms with Gasteiger partial charge in [0.1, 0.15) is 4.90 Å². The maximum Gasteiger partial charge on any atom is 0.244 e. The molecule has 7 heteroatoms. The summed E-state index contributed by atoms with van der Waals surface area (Å²) in [6, 6.07) is 0. The van der Waals surface area contributed by atoms with Crippen LogP contribution in [0.4, 0.5) is 0 Å². The van der Waals surface area contributed by atoms with Gasteiger partial charge in [-0.3, -0.25) is 5.10 Å². The summed E-state index contributed by atoms with van der Waals surface area (Å²) in [5.41, 5.74) is 1.29. The summed E-state index contributed by atoms with van der Waals surface area (Å²) in [4.78, 5) is 0.294. The van der Waals surface area contributed by atoms with E-state index in [0.717, 1.165) is 19.4 Å². The highest BCUT2D eigenvalue weighted by Gasteiger charge is 2.46. The Morgan fingerprint density at radius 3 is 2.57 bits per heavy atom. The van der Waals surface area contributed by atoms with Crippen LogP contribution in [0.2, 0.25) is 0 Å². The molecule has 1 fully saturated rings. The van der Waals surface area contributed by atoms with Gasteiger partial charge in [-0.2, -0.15) is 5.10 Å². The van der Waals surface area contributed by atoms with Crippen molar-refractivity contribution in [3.05, 3.63) is 11.4 Å². The van der Waals surface area contributed by atoms with Crippen molar-refractivity contribution < 1.29 is 8.42 Å². The molecule has 0 atom stereocenters. The summed E-state index contributed by atoms with van der Waals surface area (Å²) in [6.07, 6.45) is 2.20. The maximum absolute atomic E-state index is 12.6. The molecule has 3 N–H and O–H groups in total. The van der Waals surface area contributed by atoms with Crippen molar-refractivity contribution in [1.82, 2.24) is 20.2 Å². The summed E-state index contributed by atoms with van der Waals surface area (Å²) in [6.45, 7) is 9.76. The first-order valence-electron chi connectivity index (χ1n) is 7.56. The van der Waals surface area contributed by atoms with E-state index in [1.165, 1.54) is 0 Å². The Balaban J connectivity index is 2.14. The molecule has 1 aliphatic rings. The van der Waals surface area contributed by atoms with E-state index in [1.54, 1.807) is 6.92 Å². The average Bonchev–Trinajstić information content (AvgIpc) is 3.12. The van der Waals surface area contributed by atoms with Crippen LogP contribution < -0.4 is 10.0 Å². The van der Waals surface area contributed by atoms with Crippen molar-refractivity contribution in [3.63, 3.8) is 0 Å². The Morgan fingerprint density at radius 2 is 2.05 bits per heavy atom. The lowest BCUT2D eigenvalue weighted by Gasteiger charge is -2.20. The van der Waals surface area contributed by atoms with Crippen LogP contribution in [0.3, 0.4) is 0 Å². The van der Waals surface area contributed by atoms with Crippen molar-refractivity contribution >= 4 is 10.0 Å². The lowest BCUT2D eigenvalue weighted by Crippen LogP contribution is -2.33. The third-order valence-electron chi connectivity index (χ3n) is 4.50. The number of aromatic amines is 1. The van der Waals surface area contributed by atoms with Crippen LogP contribution >= 0.6 is 0 Å². The summed E-state index contributed by atoms with van der Waals surface area (Å²) in [7, 11) is -3.52. The number of sulfonamides is 1. The quantitative estimate of drug-likeness (QED) is 0.679. The largest absolute Gasteiger partial charge is 0.311 e. The molecule has 0 radical (unpaired) electrons. The molecule has 0 amide bonds. The zero-order valence-electron chi connectivity index (χ0n) is 13.3. The Morgan fingerprint density at radius 1 is 1.38 bits per heavy atom. The summed E-state index contributed by atoms with van der Waals surface area (Å²) in [5.74, 6) is 0.492. The van der Waals surface area contributed by atoms with Gasteiger partial charge in [-0.05, 0) is 37.6 Å². The van der Waals surface area contributed by atoms with E-state index in [9.17, 15) is 8.42 Å². The fourth-order valence-electron chi connectivity index (χ4n) is 2.62. The molecular weight excluding hydrogens is 288 g/mol. The van der Waals surface area contributed by atoms with E-state index in [1.807, 2.05) is 6.92 Å². The molecule has 21 heavy (non-hydrogen) atoms. The van der Waals surface area contributed by atoms with E-state index < -0.39 is 10.0 Å². The van der Waals surface area contributed by atoms with Crippen LogP contribution in [-0.4, -0.2) is 31.7 Å².